The van der Waals surface area contributed by atoms with Crippen LogP contribution in [0.4, 0.5) is 0 Å². The Morgan fingerprint density at radius 2 is 1.81 bits per heavy atom. The van der Waals surface area contributed by atoms with E-state index in [-0.39, 0.29) is 10.8 Å². The Morgan fingerprint density at radius 1 is 1.06 bits per heavy atom. The Hall–Kier alpha value is -2.33. The molecule has 1 fully saturated rings. The molecule has 1 aromatic heterocycles. The summed E-state index contributed by atoms with van der Waals surface area (Å²) in [6, 6.07) is 14.9. The molecule has 4 rings (SSSR count). The number of carbonyl (C=O) groups is 1. The van der Waals surface area contributed by atoms with Crippen LogP contribution in [0.1, 0.15) is 23.4 Å². The number of amides is 1. The Bertz CT molecular complexity index is 1120. The van der Waals surface area contributed by atoms with Gasteiger partial charge in [-0.15, -0.1) is 11.3 Å². The smallest absolute Gasteiger partial charge is 0.243 e. The molecule has 7 nitrogen and oxygen atoms in total. The maximum atomic E-state index is 12.7. The van der Waals surface area contributed by atoms with Gasteiger partial charge >= 0.3 is 0 Å². The van der Waals surface area contributed by atoms with Crippen LogP contribution in [0.25, 0.3) is 10.2 Å². The van der Waals surface area contributed by atoms with Crippen LogP contribution in [-0.2, 0) is 32.4 Å². The third-order valence-electron chi connectivity index (χ3n) is 5.40. The molecule has 170 valence electrons. The van der Waals surface area contributed by atoms with E-state index in [1.807, 2.05) is 18.2 Å². The second-order valence-corrected chi connectivity index (χ2v) is 10.7. The number of hydrogen-bond donors (Lipinski definition) is 1. The van der Waals surface area contributed by atoms with Crippen LogP contribution in [0.2, 0.25) is 0 Å². The fourth-order valence-electron chi connectivity index (χ4n) is 3.60. The minimum absolute atomic E-state index is 0.000635. The minimum atomic E-state index is -3.49. The lowest BCUT2D eigenvalue weighted by Crippen LogP contribution is -2.40. The first kappa shape index (κ1) is 22.8. The number of nitrogens with one attached hydrogen (secondary N) is 1. The molecule has 1 N–H and O–H groups in total. The fourth-order valence-corrected chi connectivity index (χ4v) is 6.02. The average Bonchev–Trinajstić information content (AvgIpc) is 3.24. The molecule has 1 saturated heterocycles. The third-order valence-corrected chi connectivity index (χ3v) is 8.41. The van der Waals surface area contributed by atoms with Gasteiger partial charge in [-0.05, 0) is 42.7 Å². The van der Waals surface area contributed by atoms with Gasteiger partial charge in [0, 0.05) is 32.5 Å². The zero-order valence-electron chi connectivity index (χ0n) is 17.8. The van der Waals surface area contributed by atoms with Crippen LogP contribution in [-0.4, -0.2) is 56.5 Å². The van der Waals surface area contributed by atoms with Crippen molar-refractivity contribution in [3.05, 3.63) is 59.1 Å². The number of para-hydroxylation sites is 1. The van der Waals surface area contributed by atoms with Crippen molar-refractivity contribution in [3.63, 3.8) is 0 Å². The number of aromatic nitrogens is 1. The summed E-state index contributed by atoms with van der Waals surface area (Å²) in [5.41, 5.74) is 1.97. The molecule has 0 radical (unpaired) electrons. The van der Waals surface area contributed by atoms with Crippen molar-refractivity contribution in [1.29, 1.82) is 0 Å². The zero-order chi connectivity index (χ0) is 22.4. The number of rotatable bonds is 9. The molecule has 1 aliphatic rings. The average molecular weight is 474 g/mol. The highest BCUT2D eigenvalue weighted by atomic mass is 32.2. The maximum Gasteiger partial charge on any atom is 0.243 e. The molecular weight excluding hydrogens is 446 g/mol. The number of carbonyl (C=O) groups excluding carboxylic acids is 1. The molecule has 0 aliphatic carbocycles. The quantitative estimate of drug-likeness (QED) is 0.483. The normalized spacial score (nSPS) is 15.1. The summed E-state index contributed by atoms with van der Waals surface area (Å²) in [6.07, 6.45) is 2.64. The molecular formula is C23H27N3O4S2. The first-order valence-corrected chi connectivity index (χ1v) is 13.1. The van der Waals surface area contributed by atoms with E-state index in [1.165, 1.54) is 9.01 Å². The molecule has 1 amide bonds. The molecule has 2 aromatic carbocycles. The monoisotopic (exact) mass is 473 g/mol. The largest absolute Gasteiger partial charge is 0.379 e. The number of ether oxygens (including phenoxy) is 1. The first-order chi connectivity index (χ1) is 15.5. The van der Waals surface area contributed by atoms with Crippen LogP contribution < -0.4 is 5.32 Å². The fraction of sp³-hybridized carbons (Fsp3) is 0.391. The molecule has 0 bridgehead atoms. The topological polar surface area (TPSA) is 88.6 Å². The van der Waals surface area contributed by atoms with Crippen LogP contribution >= 0.6 is 11.3 Å². The number of hydrogen-bond acceptors (Lipinski definition) is 6. The van der Waals surface area contributed by atoms with E-state index in [2.05, 4.69) is 16.4 Å². The van der Waals surface area contributed by atoms with E-state index in [9.17, 15) is 13.2 Å². The summed E-state index contributed by atoms with van der Waals surface area (Å²) >= 11 is 1.70. The summed E-state index contributed by atoms with van der Waals surface area (Å²) < 4.78 is 33.2. The lowest BCUT2D eigenvalue weighted by Gasteiger charge is -2.26. The second-order valence-electron chi connectivity index (χ2n) is 7.69. The predicted octanol–water partition coefficient (Wildman–Crippen LogP) is 3.00. The van der Waals surface area contributed by atoms with Gasteiger partial charge in [-0.2, -0.15) is 4.31 Å². The molecule has 32 heavy (non-hydrogen) atoms. The van der Waals surface area contributed by atoms with E-state index >= 15 is 0 Å². The molecule has 0 unspecified atom stereocenters. The van der Waals surface area contributed by atoms with E-state index < -0.39 is 10.0 Å². The Morgan fingerprint density at radius 3 is 2.56 bits per heavy atom. The van der Waals surface area contributed by atoms with Crippen LogP contribution in [0.15, 0.2) is 53.4 Å². The van der Waals surface area contributed by atoms with Crippen molar-refractivity contribution in [3.8, 4) is 0 Å². The van der Waals surface area contributed by atoms with Gasteiger partial charge < -0.3 is 10.1 Å². The molecule has 0 spiro atoms. The molecule has 2 heterocycles. The van der Waals surface area contributed by atoms with Crippen molar-refractivity contribution >= 4 is 37.5 Å². The van der Waals surface area contributed by atoms with Crippen molar-refractivity contribution in [2.75, 3.05) is 32.8 Å². The predicted molar refractivity (Wildman–Crippen MR) is 125 cm³/mol. The van der Waals surface area contributed by atoms with Gasteiger partial charge in [0.25, 0.3) is 0 Å². The Kier molecular flexibility index (Phi) is 7.51. The molecule has 0 saturated carbocycles. The highest BCUT2D eigenvalue weighted by Crippen LogP contribution is 2.22. The molecule has 9 heteroatoms. The number of benzene rings is 2. The zero-order valence-corrected chi connectivity index (χ0v) is 19.5. The number of sulfonamides is 1. The minimum Gasteiger partial charge on any atom is -0.379 e. The van der Waals surface area contributed by atoms with Gasteiger partial charge in [0.2, 0.25) is 15.9 Å². The van der Waals surface area contributed by atoms with Gasteiger partial charge in [0.15, 0.2) is 0 Å². The maximum absolute atomic E-state index is 12.7. The molecule has 3 aromatic rings. The highest BCUT2D eigenvalue weighted by Gasteiger charge is 2.26. The lowest BCUT2D eigenvalue weighted by atomic mass is 10.1. The van der Waals surface area contributed by atoms with Gasteiger partial charge in [-0.3, -0.25) is 4.79 Å². The standard InChI is InChI=1S/C23H27N3O4S2/c27-22(24-13-3-6-23-25-20-4-1-2-5-21(20)31-23)12-9-18-7-10-19(11-8-18)32(28,29)26-14-16-30-17-15-26/h1-2,4-5,7-8,10-11H,3,6,9,12-17H2,(H,24,27). The number of morpholine rings is 1. The molecule has 1 aliphatic heterocycles. The van der Waals surface area contributed by atoms with Crippen LogP contribution in [0.5, 0.6) is 0 Å². The summed E-state index contributed by atoms with van der Waals surface area (Å²) in [5, 5.41) is 4.05. The summed E-state index contributed by atoms with van der Waals surface area (Å²) in [7, 11) is -3.49. The summed E-state index contributed by atoms with van der Waals surface area (Å²) in [6.45, 7) is 2.22. The van der Waals surface area contributed by atoms with Crippen molar-refractivity contribution in [1.82, 2.24) is 14.6 Å². The van der Waals surface area contributed by atoms with E-state index in [0.29, 0.717) is 45.7 Å². The van der Waals surface area contributed by atoms with Crippen molar-refractivity contribution < 1.29 is 17.9 Å². The van der Waals surface area contributed by atoms with Crippen LogP contribution in [0, 0.1) is 0 Å². The van der Waals surface area contributed by atoms with Crippen molar-refractivity contribution in [2.24, 2.45) is 0 Å². The summed E-state index contributed by atoms with van der Waals surface area (Å²) in [5.74, 6) is -0.000635. The van der Waals surface area contributed by atoms with Gasteiger partial charge in [0.1, 0.15) is 0 Å². The van der Waals surface area contributed by atoms with Crippen LogP contribution in [0.3, 0.4) is 0 Å². The van der Waals surface area contributed by atoms with E-state index in [0.717, 1.165) is 28.9 Å². The van der Waals surface area contributed by atoms with E-state index in [1.54, 1.807) is 35.6 Å². The van der Waals surface area contributed by atoms with Gasteiger partial charge in [0.05, 0.1) is 33.3 Å². The molecule has 0 atom stereocenters. The SMILES string of the molecule is O=C(CCc1ccc(S(=O)(=O)N2CCOCC2)cc1)NCCCc1nc2ccccc2s1. The van der Waals surface area contributed by atoms with E-state index in [4.69, 9.17) is 4.74 Å². The summed E-state index contributed by atoms with van der Waals surface area (Å²) in [4.78, 5) is 17.1. The van der Waals surface area contributed by atoms with Crippen molar-refractivity contribution in [2.45, 2.75) is 30.6 Å². The van der Waals surface area contributed by atoms with Gasteiger partial charge in [-0.25, -0.2) is 13.4 Å². The second kappa shape index (κ2) is 10.5. The Labute approximate surface area is 192 Å². The first-order valence-electron chi connectivity index (χ1n) is 10.8. The number of aryl methyl sites for hydroxylation is 2. The number of fused-ring (bicyclic) bond motifs is 1. The van der Waals surface area contributed by atoms with Gasteiger partial charge in [-0.1, -0.05) is 24.3 Å². The highest BCUT2D eigenvalue weighted by molar-refractivity contribution is 7.89. The number of thiazole rings is 1. The third kappa shape index (κ3) is 5.72. The lowest BCUT2D eigenvalue weighted by molar-refractivity contribution is -0.121. The Balaban J connectivity index is 1.19. The number of nitrogens with zero attached hydrogens (tertiary/aromatic N) is 2.